The van der Waals surface area contributed by atoms with E-state index in [1.165, 1.54) is 0 Å². The van der Waals surface area contributed by atoms with E-state index in [0.29, 0.717) is 11.7 Å². The number of nitrogens with zero attached hydrogens (tertiary/aromatic N) is 2. The van der Waals surface area contributed by atoms with Gasteiger partial charge in [-0.1, -0.05) is 12.1 Å². The SMILES string of the molecule is CCC(C)(OC)c1noc(C2CC(OC)CN2)n1. The maximum atomic E-state index is 5.46. The fraction of sp³-hybridized carbons (Fsp3) is 0.833. The summed E-state index contributed by atoms with van der Waals surface area (Å²) >= 11 is 0. The van der Waals surface area contributed by atoms with Crippen molar-refractivity contribution in [1.29, 1.82) is 0 Å². The number of hydrogen-bond donors (Lipinski definition) is 1. The second-order valence-electron chi connectivity index (χ2n) is 4.80. The van der Waals surface area contributed by atoms with E-state index >= 15 is 0 Å². The summed E-state index contributed by atoms with van der Waals surface area (Å²) in [6.07, 6.45) is 1.86. The van der Waals surface area contributed by atoms with Crippen LogP contribution in [-0.2, 0) is 15.1 Å². The van der Waals surface area contributed by atoms with Crippen molar-refractivity contribution in [2.24, 2.45) is 0 Å². The summed E-state index contributed by atoms with van der Waals surface area (Å²) in [5, 5.41) is 7.35. The number of methoxy groups -OCH3 is 2. The van der Waals surface area contributed by atoms with Crippen LogP contribution in [0.1, 0.15) is 44.4 Å². The van der Waals surface area contributed by atoms with Crippen LogP contribution in [-0.4, -0.2) is 37.0 Å². The molecule has 0 saturated carbocycles. The second-order valence-corrected chi connectivity index (χ2v) is 4.80. The van der Waals surface area contributed by atoms with Crippen molar-refractivity contribution < 1.29 is 14.0 Å². The molecule has 0 bridgehead atoms. The molecule has 0 aliphatic carbocycles. The van der Waals surface area contributed by atoms with Gasteiger partial charge < -0.3 is 19.3 Å². The van der Waals surface area contributed by atoms with Crippen LogP contribution in [0.15, 0.2) is 4.52 Å². The van der Waals surface area contributed by atoms with Crippen LogP contribution < -0.4 is 5.32 Å². The van der Waals surface area contributed by atoms with Crippen molar-refractivity contribution in [2.45, 2.75) is 44.4 Å². The van der Waals surface area contributed by atoms with Gasteiger partial charge in [0.05, 0.1) is 12.1 Å². The van der Waals surface area contributed by atoms with Gasteiger partial charge in [-0.05, 0) is 19.8 Å². The minimum Gasteiger partial charge on any atom is -0.380 e. The lowest BCUT2D eigenvalue weighted by Crippen LogP contribution is -2.25. The summed E-state index contributed by atoms with van der Waals surface area (Å²) in [5.41, 5.74) is -0.485. The molecule has 6 nitrogen and oxygen atoms in total. The number of hydrogen-bond acceptors (Lipinski definition) is 6. The monoisotopic (exact) mass is 255 g/mol. The zero-order valence-corrected chi connectivity index (χ0v) is 11.4. The summed E-state index contributed by atoms with van der Waals surface area (Å²) in [7, 11) is 3.38. The molecule has 3 unspecified atom stereocenters. The van der Waals surface area contributed by atoms with Crippen molar-refractivity contribution in [3.05, 3.63) is 11.7 Å². The Labute approximate surface area is 107 Å². The first-order valence-corrected chi connectivity index (χ1v) is 6.28. The number of rotatable bonds is 5. The first-order chi connectivity index (χ1) is 8.62. The molecule has 1 N–H and O–H groups in total. The first-order valence-electron chi connectivity index (χ1n) is 6.28. The smallest absolute Gasteiger partial charge is 0.243 e. The van der Waals surface area contributed by atoms with E-state index in [1.54, 1.807) is 14.2 Å². The van der Waals surface area contributed by atoms with Crippen LogP contribution in [0.25, 0.3) is 0 Å². The molecule has 0 spiro atoms. The number of nitrogens with one attached hydrogen (secondary N) is 1. The fourth-order valence-electron chi connectivity index (χ4n) is 2.06. The Morgan fingerprint density at radius 3 is 2.83 bits per heavy atom. The molecule has 1 fully saturated rings. The molecule has 0 radical (unpaired) electrons. The molecule has 1 aliphatic rings. The van der Waals surface area contributed by atoms with Gasteiger partial charge in [-0.25, -0.2) is 0 Å². The summed E-state index contributed by atoms with van der Waals surface area (Å²) in [4.78, 5) is 4.45. The average molecular weight is 255 g/mol. The highest BCUT2D eigenvalue weighted by molar-refractivity contribution is 5.03. The van der Waals surface area contributed by atoms with Crippen molar-refractivity contribution >= 4 is 0 Å². The Morgan fingerprint density at radius 2 is 2.28 bits per heavy atom. The van der Waals surface area contributed by atoms with Crippen LogP contribution >= 0.6 is 0 Å². The minimum absolute atomic E-state index is 0.0779. The third-order valence-corrected chi connectivity index (χ3v) is 3.76. The molecule has 3 atom stereocenters. The quantitative estimate of drug-likeness (QED) is 0.857. The van der Waals surface area contributed by atoms with E-state index in [1.807, 2.05) is 13.8 Å². The molecule has 0 aromatic carbocycles. The molecule has 6 heteroatoms. The third kappa shape index (κ3) is 2.41. The molecule has 1 aliphatic heterocycles. The van der Waals surface area contributed by atoms with E-state index in [9.17, 15) is 0 Å². The molecule has 18 heavy (non-hydrogen) atoms. The van der Waals surface area contributed by atoms with Gasteiger partial charge in [0, 0.05) is 20.8 Å². The van der Waals surface area contributed by atoms with Gasteiger partial charge in [0.2, 0.25) is 11.7 Å². The molecular formula is C12H21N3O3. The highest BCUT2D eigenvalue weighted by Crippen LogP contribution is 2.29. The summed E-state index contributed by atoms with van der Waals surface area (Å²) in [6.45, 7) is 4.81. The first kappa shape index (κ1) is 13.5. The molecule has 1 saturated heterocycles. The molecule has 1 aromatic rings. The zero-order valence-electron chi connectivity index (χ0n) is 11.4. The Morgan fingerprint density at radius 1 is 1.50 bits per heavy atom. The maximum absolute atomic E-state index is 5.46. The van der Waals surface area contributed by atoms with Crippen LogP contribution in [0.3, 0.4) is 0 Å². The van der Waals surface area contributed by atoms with Crippen LogP contribution in [0.4, 0.5) is 0 Å². The third-order valence-electron chi connectivity index (χ3n) is 3.76. The summed E-state index contributed by atoms with van der Waals surface area (Å²) in [6, 6.07) is 0.0779. The van der Waals surface area contributed by atoms with Gasteiger partial charge in [0.15, 0.2) is 0 Å². The van der Waals surface area contributed by atoms with Gasteiger partial charge in [-0.3, -0.25) is 0 Å². The maximum Gasteiger partial charge on any atom is 0.243 e. The highest BCUT2D eigenvalue weighted by atomic mass is 16.5. The van der Waals surface area contributed by atoms with Crippen molar-refractivity contribution in [1.82, 2.24) is 15.5 Å². The lowest BCUT2D eigenvalue weighted by molar-refractivity contribution is -0.0106. The standard InChI is InChI=1S/C12H21N3O3/c1-5-12(2,17-4)11-14-10(18-15-11)9-6-8(16-3)7-13-9/h8-9,13H,5-7H2,1-4H3. The van der Waals surface area contributed by atoms with Crippen LogP contribution in [0, 0.1) is 0 Å². The largest absolute Gasteiger partial charge is 0.380 e. The van der Waals surface area contributed by atoms with E-state index < -0.39 is 5.60 Å². The molecule has 2 rings (SSSR count). The number of aromatic nitrogens is 2. The Hall–Kier alpha value is -0.980. The lowest BCUT2D eigenvalue weighted by Gasteiger charge is -2.21. The molecule has 0 amide bonds. The Balaban J connectivity index is 2.11. The molecule has 1 aromatic heterocycles. The van der Waals surface area contributed by atoms with Crippen molar-refractivity contribution in [3.8, 4) is 0 Å². The zero-order chi connectivity index (χ0) is 13.2. The number of ether oxygens (including phenoxy) is 2. The van der Waals surface area contributed by atoms with Crippen LogP contribution in [0.5, 0.6) is 0 Å². The van der Waals surface area contributed by atoms with Crippen LogP contribution in [0.2, 0.25) is 0 Å². The Bertz CT molecular complexity index is 390. The van der Waals surface area contributed by atoms with E-state index in [-0.39, 0.29) is 12.1 Å². The van der Waals surface area contributed by atoms with Crippen molar-refractivity contribution in [3.63, 3.8) is 0 Å². The normalized spacial score (nSPS) is 27.3. The highest BCUT2D eigenvalue weighted by Gasteiger charge is 2.34. The van der Waals surface area contributed by atoms with E-state index in [0.717, 1.165) is 19.4 Å². The minimum atomic E-state index is -0.485. The van der Waals surface area contributed by atoms with Crippen molar-refractivity contribution in [2.75, 3.05) is 20.8 Å². The predicted molar refractivity (Wildman–Crippen MR) is 65.1 cm³/mol. The molecule has 102 valence electrons. The van der Waals surface area contributed by atoms with E-state index in [2.05, 4.69) is 15.5 Å². The van der Waals surface area contributed by atoms with Gasteiger partial charge in [-0.15, -0.1) is 0 Å². The predicted octanol–water partition coefficient (Wildman–Crippen LogP) is 1.39. The van der Waals surface area contributed by atoms with Gasteiger partial charge >= 0.3 is 0 Å². The van der Waals surface area contributed by atoms with E-state index in [4.69, 9.17) is 14.0 Å². The Kier molecular flexibility index (Phi) is 3.99. The lowest BCUT2D eigenvalue weighted by atomic mass is 10.0. The summed E-state index contributed by atoms with van der Waals surface area (Å²) < 4.78 is 16.1. The molecular weight excluding hydrogens is 234 g/mol. The topological polar surface area (TPSA) is 69.4 Å². The summed E-state index contributed by atoms with van der Waals surface area (Å²) in [5.74, 6) is 1.21. The average Bonchev–Trinajstić information content (AvgIpc) is 3.05. The second kappa shape index (κ2) is 5.34. The van der Waals surface area contributed by atoms with Gasteiger partial charge in [0.1, 0.15) is 5.60 Å². The van der Waals surface area contributed by atoms with Gasteiger partial charge in [-0.2, -0.15) is 4.98 Å². The fourth-order valence-corrected chi connectivity index (χ4v) is 2.06. The van der Waals surface area contributed by atoms with Gasteiger partial charge in [0.25, 0.3) is 0 Å². The molecule has 2 heterocycles.